The molecule has 1 amide bonds. The Morgan fingerprint density at radius 2 is 0.726 bits per heavy atom. The number of hydrogen-bond donors (Lipinski definition) is 2. The van der Waals surface area contributed by atoms with Crippen LogP contribution < -0.4 is 10.2 Å². The fraction of sp³-hybridized carbons (Fsp3) is 0.720. The number of carbonyl (C=O) groups is 1. The van der Waals surface area contributed by atoms with Crippen molar-refractivity contribution >= 4 is 13.7 Å². The number of aliphatic hydroxyl groups is 1. The summed E-state index contributed by atoms with van der Waals surface area (Å²) in [5.41, 5.74) is 0. The highest BCUT2D eigenvalue weighted by Crippen LogP contribution is 2.38. The number of allylic oxidation sites excluding steroid dienone is 20. The van der Waals surface area contributed by atoms with Crippen molar-refractivity contribution in [2.75, 3.05) is 40.9 Å². The van der Waals surface area contributed by atoms with E-state index in [-0.39, 0.29) is 19.1 Å². The Bertz CT molecular complexity index is 1780. The van der Waals surface area contributed by atoms with Crippen LogP contribution in [0, 0.1) is 0 Å². The third kappa shape index (κ3) is 66.4. The number of phosphoric ester groups is 1. The Kier molecular flexibility index (Phi) is 62.0. The number of quaternary nitrogens is 1. The second-order valence-corrected chi connectivity index (χ2v) is 25.9. The summed E-state index contributed by atoms with van der Waals surface area (Å²) >= 11 is 0. The van der Waals surface area contributed by atoms with E-state index in [1.807, 2.05) is 21.1 Å². The van der Waals surface area contributed by atoms with E-state index in [0.717, 1.165) is 116 Å². The molecule has 0 aromatic carbocycles. The van der Waals surface area contributed by atoms with E-state index >= 15 is 0 Å². The monoisotopic (exact) mass is 1190 g/mol. The lowest BCUT2D eigenvalue weighted by molar-refractivity contribution is -0.870. The number of likely N-dealkylation sites (N-methyl/N-ethyl adjacent to an activating group) is 1. The molecule has 0 spiro atoms. The lowest BCUT2D eigenvalue weighted by atomic mass is 10.0. The van der Waals surface area contributed by atoms with Crippen LogP contribution in [0.3, 0.4) is 0 Å². The Morgan fingerprint density at radius 3 is 1.06 bits per heavy atom. The van der Waals surface area contributed by atoms with Crippen LogP contribution >= 0.6 is 7.82 Å². The van der Waals surface area contributed by atoms with Crippen LogP contribution in [0.15, 0.2) is 122 Å². The predicted molar refractivity (Wildman–Crippen MR) is 366 cm³/mol. The van der Waals surface area contributed by atoms with E-state index in [1.54, 1.807) is 0 Å². The molecule has 0 aliphatic carbocycles. The van der Waals surface area contributed by atoms with Gasteiger partial charge in [-0.1, -0.05) is 322 Å². The molecule has 0 saturated heterocycles. The quantitative estimate of drug-likeness (QED) is 0.0272. The molecule has 3 unspecified atom stereocenters. The first-order valence-corrected chi connectivity index (χ1v) is 36.3. The number of unbranched alkanes of at least 4 members (excludes halogenated alkanes) is 30. The van der Waals surface area contributed by atoms with Gasteiger partial charge in [-0.3, -0.25) is 9.36 Å². The van der Waals surface area contributed by atoms with Crippen molar-refractivity contribution in [3.63, 3.8) is 0 Å². The SMILES string of the molecule is CC/C=C\C/C=C\C/C=C\C/C=C\C/C=C\C/C=C\C/C=C\C/C=C\C/C=C\C/C=C\CCCCCCC(=O)NC(COP(=O)([O-])OCC[N+](C)(C)C)C(O)CCCCCCCCCCCCCCCCCCCCCCCCCCCCC. The van der Waals surface area contributed by atoms with Gasteiger partial charge in [0.1, 0.15) is 13.2 Å². The molecular weight excluding hydrogens is 1060 g/mol. The minimum absolute atomic E-state index is 0.000907. The van der Waals surface area contributed by atoms with Gasteiger partial charge in [0.15, 0.2) is 0 Å². The van der Waals surface area contributed by atoms with Crippen molar-refractivity contribution < 1.29 is 32.9 Å². The van der Waals surface area contributed by atoms with E-state index in [4.69, 9.17) is 9.05 Å². The second kappa shape index (κ2) is 64.4. The van der Waals surface area contributed by atoms with Gasteiger partial charge in [0.25, 0.3) is 7.82 Å². The first-order chi connectivity index (χ1) is 41.0. The summed E-state index contributed by atoms with van der Waals surface area (Å²) in [5, 5.41) is 14.1. The molecule has 0 saturated carbocycles. The highest BCUT2D eigenvalue weighted by Gasteiger charge is 2.24. The Morgan fingerprint density at radius 1 is 0.429 bits per heavy atom. The maximum Gasteiger partial charge on any atom is 0.268 e. The van der Waals surface area contributed by atoms with Crippen molar-refractivity contribution in [3.05, 3.63) is 122 Å². The van der Waals surface area contributed by atoms with E-state index in [9.17, 15) is 19.4 Å². The third-order valence-electron chi connectivity index (χ3n) is 15.2. The van der Waals surface area contributed by atoms with Gasteiger partial charge >= 0.3 is 0 Å². The smallest absolute Gasteiger partial charge is 0.268 e. The molecule has 0 bridgehead atoms. The molecule has 484 valence electrons. The average molecular weight is 1190 g/mol. The summed E-state index contributed by atoms with van der Waals surface area (Å²) in [6.45, 7) is 4.61. The standard InChI is InChI=1S/C75H133N2O6P/c1-6-8-10-12-14-16-18-20-22-24-26-28-30-32-34-35-36-37-38-39-40-41-43-45-47-49-51-53-55-57-59-61-63-65-67-69-75(79)76-73(72-83-84(80,81)82-71-70-77(3,4)5)74(78)68-66-64-62-60-58-56-54-52-50-48-46-44-42-33-31-29-27-25-23-21-19-17-15-13-11-9-7-2/h8,10,14,16,20,22,26,28,32,34,36-37,39-40,43,45,49,51,55,57,73-74,78H,6-7,9,11-13,15,17-19,21,23-25,27,29-31,33,35,38,41-42,44,46-48,50,52-54,56,58-72H2,1-5H3,(H-,76,79,80,81)/b10-8-,16-14-,22-20-,28-26-,34-32-,37-36-,40-39-,45-43-,51-49-,57-55-. The predicted octanol–water partition coefficient (Wildman–Crippen LogP) is 21.8. The van der Waals surface area contributed by atoms with Crippen molar-refractivity contribution in [2.45, 2.75) is 309 Å². The fourth-order valence-electron chi connectivity index (χ4n) is 9.84. The Labute approximate surface area is 520 Å². The van der Waals surface area contributed by atoms with Crippen LogP contribution in [-0.4, -0.2) is 68.5 Å². The molecule has 0 aliphatic heterocycles. The average Bonchev–Trinajstić information content (AvgIpc) is 3.56. The van der Waals surface area contributed by atoms with Crippen molar-refractivity contribution in [1.29, 1.82) is 0 Å². The van der Waals surface area contributed by atoms with Crippen LogP contribution in [0.4, 0.5) is 0 Å². The number of amides is 1. The Hall–Kier alpha value is -3.10. The molecule has 0 fully saturated rings. The van der Waals surface area contributed by atoms with Gasteiger partial charge in [0, 0.05) is 6.42 Å². The zero-order valence-electron chi connectivity index (χ0n) is 55.3. The number of hydrogen-bond acceptors (Lipinski definition) is 6. The van der Waals surface area contributed by atoms with Gasteiger partial charge in [0.05, 0.1) is 39.9 Å². The summed E-state index contributed by atoms with van der Waals surface area (Å²) in [5.74, 6) is -0.190. The first kappa shape index (κ1) is 80.9. The fourth-order valence-corrected chi connectivity index (χ4v) is 10.6. The highest BCUT2D eigenvalue weighted by molar-refractivity contribution is 7.45. The van der Waals surface area contributed by atoms with Crippen LogP contribution in [0.5, 0.6) is 0 Å². The summed E-state index contributed by atoms with van der Waals surface area (Å²) in [6, 6.07) is -0.826. The molecule has 9 heteroatoms. The van der Waals surface area contributed by atoms with Crippen molar-refractivity contribution in [3.8, 4) is 0 Å². The van der Waals surface area contributed by atoms with Crippen molar-refractivity contribution in [1.82, 2.24) is 5.32 Å². The van der Waals surface area contributed by atoms with Crippen LogP contribution in [0.25, 0.3) is 0 Å². The lowest BCUT2D eigenvalue weighted by Crippen LogP contribution is -2.46. The minimum Gasteiger partial charge on any atom is -0.756 e. The largest absolute Gasteiger partial charge is 0.756 e. The zero-order valence-corrected chi connectivity index (χ0v) is 56.2. The molecule has 0 aliphatic rings. The minimum atomic E-state index is -4.60. The van der Waals surface area contributed by atoms with Gasteiger partial charge in [-0.2, -0.15) is 0 Å². The third-order valence-corrected chi connectivity index (χ3v) is 16.2. The molecule has 2 N–H and O–H groups in total. The lowest BCUT2D eigenvalue weighted by Gasteiger charge is -2.30. The number of carbonyl (C=O) groups excluding carboxylic acids is 1. The molecule has 0 radical (unpaired) electrons. The second-order valence-electron chi connectivity index (χ2n) is 24.5. The summed E-state index contributed by atoms with van der Waals surface area (Å²) in [6.07, 6.45) is 95.5. The molecule has 0 rings (SSSR count). The maximum absolute atomic E-state index is 13.1. The van der Waals surface area contributed by atoms with Gasteiger partial charge in [0.2, 0.25) is 5.91 Å². The topological polar surface area (TPSA) is 108 Å². The zero-order chi connectivity index (χ0) is 61.2. The number of nitrogens with zero attached hydrogens (tertiary/aromatic N) is 1. The Balaban J connectivity index is 4.17. The van der Waals surface area contributed by atoms with Crippen molar-refractivity contribution in [2.24, 2.45) is 0 Å². The van der Waals surface area contributed by atoms with Crippen LogP contribution in [-0.2, 0) is 18.4 Å². The molecule has 84 heavy (non-hydrogen) atoms. The molecule has 0 aromatic rings. The summed E-state index contributed by atoms with van der Waals surface area (Å²) in [4.78, 5) is 25.7. The molecule has 8 nitrogen and oxygen atoms in total. The van der Waals surface area contributed by atoms with E-state index < -0.39 is 20.0 Å². The summed E-state index contributed by atoms with van der Waals surface area (Å²) < 4.78 is 23.5. The van der Waals surface area contributed by atoms with E-state index in [2.05, 4.69) is 141 Å². The van der Waals surface area contributed by atoms with Crippen LogP contribution in [0.2, 0.25) is 0 Å². The number of phosphoric acid groups is 1. The molecule has 0 aromatic heterocycles. The molecule has 0 heterocycles. The van der Waals surface area contributed by atoms with E-state index in [1.165, 1.54) is 154 Å². The number of rotatable bonds is 63. The van der Waals surface area contributed by atoms with Gasteiger partial charge in [-0.05, 0) is 89.9 Å². The van der Waals surface area contributed by atoms with Gasteiger partial charge < -0.3 is 28.8 Å². The highest BCUT2D eigenvalue weighted by atomic mass is 31.2. The number of aliphatic hydroxyl groups excluding tert-OH is 1. The first-order valence-electron chi connectivity index (χ1n) is 34.9. The van der Waals surface area contributed by atoms with Crippen LogP contribution in [0.1, 0.15) is 296 Å². The summed E-state index contributed by atoms with van der Waals surface area (Å²) in [7, 11) is 1.28. The van der Waals surface area contributed by atoms with Gasteiger partial charge in [-0.15, -0.1) is 0 Å². The van der Waals surface area contributed by atoms with E-state index in [0.29, 0.717) is 23.9 Å². The molecular formula is C75H133N2O6P. The number of nitrogens with one attached hydrogen (secondary N) is 1. The maximum atomic E-state index is 13.1. The van der Waals surface area contributed by atoms with Gasteiger partial charge in [-0.25, -0.2) is 0 Å². The normalized spacial score (nSPS) is 14.4. The molecule has 3 atom stereocenters.